The first-order chi connectivity index (χ1) is 9.50. The molecule has 0 spiro atoms. The quantitative estimate of drug-likeness (QED) is 0.840. The number of amides is 1. The van der Waals surface area contributed by atoms with Crippen molar-refractivity contribution in [3.05, 3.63) is 33.6 Å². The summed E-state index contributed by atoms with van der Waals surface area (Å²) in [5, 5.41) is 6.04. The van der Waals surface area contributed by atoms with E-state index in [1.165, 1.54) is 12.1 Å². The molecule has 1 amide bonds. The Morgan fingerprint density at radius 2 is 2.30 bits per heavy atom. The molecular weight excluding hydrogens is 306 g/mol. The van der Waals surface area contributed by atoms with Crippen LogP contribution in [-0.4, -0.2) is 31.7 Å². The van der Waals surface area contributed by atoms with Crippen molar-refractivity contribution in [3.8, 4) is 0 Å². The zero-order valence-corrected chi connectivity index (χ0v) is 12.4. The van der Waals surface area contributed by atoms with Gasteiger partial charge in [0.25, 0.3) is 0 Å². The Balaban J connectivity index is 2.10. The topological polar surface area (TPSA) is 50.4 Å². The van der Waals surface area contributed by atoms with Crippen molar-refractivity contribution < 1.29 is 13.9 Å². The number of halogens is 3. The van der Waals surface area contributed by atoms with Gasteiger partial charge in [0.1, 0.15) is 11.9 Å². The molecule has 1 aromatic rings. The van der Waals surface area contributed by atoms with Crippen molar-refractivity contribution in [3.63, 3.8) is 0 Å². The molecule has 4 nitrogen and oxygen atoms in total. The number of hydrogen-bond donors (Lipinski definition) is 2. The maximum absolute atomic E-state index is 13.5. The number of benzene rings is 1. The van der Waals surface area contributed by atoms with Crippen LogP contribution in [0, 0.1) is 5.82 Å². The van der Waals surface area contributed by atoms with Gasteiger partial charge in [-0.25, -0.2) is 4.39 Å². The molecule has 1 aliphatic rings. The van der Waals surface area contributed by atoms with Gasteiger partial charge in [-0.05, 0) is 19.1 Å². The number of carbonyl (C=O) groups is 1. The Hall–Kier alpha value is -0.880. The molecule has 0 saturated carbocycles. The molecular formula is C13H15Cl2FN2O2. The van der Waals surface area contributed by atoms with Crippen molar-refractivity contribution in [1.82, 2.24) is 10.6 Å². The average molecular weight is 321 g/mol. The molecule has 0 bridgehead atoms. The molecule has 20 heavy (non-hydrogen) atoms. The normalized spacial score (nSPS) is 20.5. The molecule has 2 N–H and O–H groups in total. The van der Waals surface area contributed by atoms with Crippen LogP contribution in [0.1, 0.15) is 18.5 Å². The van der Waals surface area contributed by atoms with Crippen molar-refractivity contribution in [2.45, 2.75) is 19.0 Å². The first-order valence-corrected chi connectivity index (χ1v) is 7.01. The first-order valence-electron chi connectivity index (χ1n) is 6.25. The van der Waals surface area contributed by atoms with Crippen molar-refractivity contribution in [1.29, 1.82) is 0 Å². The molecule has 1 heterocycles. The van der Waals surface area contributed by atoms with Gasteiger partial charge in [-0.2, -0.15) is 0 Å². The molecule has 1 fully saturated rings. The van der Waals surface area contributed by atoms with Crippen molar-refractivity contribution in [2.75, 3.05) is 19.8 Å². The average Bonchev–Trinajstić information content (AvgIpc) is 2.44. The van der Waals surface area contributed by atoms with E-state index in [9.17, 15) is 9.18 Å². The fourth-order valence-electron chi connectivity index (χ4n) is 2.06. The largest absolute Gasteiger partial charge is 0.378 e. The van der Waals surface area contributed by atoms with E-state index in [0.717, 1.165) is 0 Å². The summed E-state index contributed by atoms with van der Waals surface area (Å²) in [5.41, 5.74) is 0.374. The Kier molecular flexibility index (Phi) is 5.21. The van der Waals surface area contributed by atoms with E-state index in [1.54, 1.807) is 6.92 Å². The van der Waals surface area contributed by atoms with Gasteiger partial charge in [-0.3, -0.25) is 4.79 Å². The maximum Gasteiger partial charge on any atom is 0.240 e. The second-order valence-corrected chi connectivity index (χ2v) is 5.35. The van der Waals surface area contributed by atoms with E-state index in [2.05, 4.69) is 10.6 Å². The summed E-state index contributed by atoms with van der Waals surface area (Å²) in [6.07, 6.45) is 0. The summed E-state index contributed by atoms with van der Waals surface area (Å²) in [7, 11) is 0. The summed E-state index contributed by atoms with van der Waals surface area (Å²) in [4.78, 5) is 12.1. The summed E-state index contributed by atoms with van der Waals surface area (Å²) in [6, 6.07) is 1.70. The van der Waals surface area contributed by atoms with Gasteiger partial charge in [0, 0.05) is 17.1 Å². The van der Waals surface area contributed by atoms with Gasteiger partial charge in [0.2, 0.25) is 5.91 Å². The molecule has 0 radical (unpaired) electrons. The molecule has 1 saturated heterocycles. The molecule has 1 aliphatic heterocycles. The van der Waals surface area contributed by atoms with E-state index in [0.29, 0.717) is 30.3 Å². The van der Waals surface area contributed by atoms with Gasteiger partial charge >= 0.3 is 0 Å². The fourth-order valence-corrected chi connectivity index (χ4v) is 2.76. The number of hydrogen-bond acceptors (Lipinski definition) is 3. The van der Waals surface area contributed by atoms with Gasteiger partial charge < -0.3 is 15.4 Å². The summed E-state index contributed by atoms with van der Waals surface area (Å²) in [6.45, 7) is 3.21. The van der Waals surface area contributed by atoms with Crippen LogP contribution in [-0.2, 0) is 9.53 Å². The van der Waals surface area contributed by atoms with Crippen LogP contribution in [0.5, 0.6) is 0 Å². The predicted molar refractivity (Wildman–Crippen MR) is 75.6 cm³/mol. The van der Waals surface area contributed by atoms with Crippen LogP contribution in [0.4, 0.5) is 4.39 Å². The Bertz CT molecular complexity index is 507. The number of nitrogens with one attached hydrogen (secondary N) is 2. The highest BCUT2D eigenvalue weighted by Gasteiger charge is 2.25. The lowest BCUT2D eigenvalue weighted by molar-refractivity contribution is -0.126. The third kappa shape index (κ3) is 3.41. The van der Waals surface area contributed by atoms with E-state index < -0.39 is 17.9 Å². The summed E-state index contributed by atoms with van der Waals surface area (Å²) < 4.78 is 18.7. The molecule has 0 aromatic heterocycles. The third-order valence-corrected chi connectivity index (χ3v) is 3.82. The fraction of sp³-hybridized carbons (Fsp3) is 0.462. The lowest BCUT2D eigenvalue weighted by Gasteiger charge is -2.25. The highest BCUT2D eigenvalue weighted by Crippen LogP contribution is 2.32. The lowest BCUT2D eigenvalue weighted by atomic mass is 10.1. The smallest absolute Gasteiger partial charge is 0.240 e. The Morgan fingerprint density at radius 1 is 1.55 bits per heavy atom. The van der Waals surface area contributed by atoms with Gasteiger partial charge in [-0.15, -0.1) is 0 Å². The number of ether oxygens (including phenoxy) is 1. The minimum atomic E-state index is -0.564. The predicted octanol–water partition coefficient (Wildman–Crippen LogP) is 2.30. The monoisotopic (exact) mass is 320 g/mol. The van der Waals surface area contributed by atoms with Crippen LogP contribution in [0.25, 0.3) is 0 Å². The van der Waals surface area contributed by atoms with Crippen LogP contribution in [0.2, 0.25) is 10.0 Å². The standard InChI is InChI=1S/C13H15Cl2FN2O2/c1-7(11-8(14)2-3-9(16)12(11)15)18-13(19)10-6-20-5-4-17-10/h2-3,7,10,17H,4-6H2,1H3,(H,18,19)/t7-,10-/m0/s1. The second kappa shape index (κ2) is 6.72. The number of carbonyl (C=O) groups excluding carboxylic acids is 1. The molecule has 0 aliphatic carbocycles. The highest BCUT2D eigenvalue weighted by atomic mass is 35.5. The van der Waals surface area contributed by atoms with E-state index >= 15 is 0 Å². The van der Waals surface area contributed by atoms with E-state index in [-0.39, 0.29) is 10.9 Å². The zero-order chi connectivity index (χ0) is 14.7. The van der Waals surface area contributed by atoms with Gasteiger partial charge in [0.05, 0.1) is 24.3 Å². The maximum atomic E-state index is 13.5. The minimum Gasteiger partial charge on any atom is -0.378 e. The summed E-state index contributed by atoms with van der Waals surface area (Å²) >= 11 is 11.9. The van der Waals surface area contributed by atoms with E-state index in [1.807, 2.05) is 0 Å². The Morgan fingerprint density at radius 3 is 2.95 bits per heavy atom. The van der Waals surface area contributed by atoms with Gasteiger partial charge in [-0.1, -0.05) is 23.2 Å². The molecule has 110 valence electrons. The van der Waals surface area contributed by atoms with E-state index in [4.69, 9.17) is 27.9 Å². The molecule has 2 atom stereocenters. The van der Waals surface area contributed by atoms with Crippen molar-refractivity contribution >= 4 is 29.1 Å². The van der Waals surface area contributed by atoms with Crippen LogP contribution in [0.15, 0.2) is 12.1 Å². The molecule has 7 heteroatoms. The minimum absolute atomic E-state index is 0.0712. The second-order valence-electron chi connectivity index (χ2n) is 4.57. The molecule has 0 unspecified atom stereocenters. The number of morpholine rings is 1. The first kappa shape index (κ1) is 15.5. The van der Waals surface area contributed by atoms with Gasteiger partial charge in [0.15, 0.2) is 0 Å². The summed E-state index contributed by atoms with van der Waals surface area (Å²) in [5.74, 6) is -0.792. The Labute approximate surface area is 126 Å². The van der Waals surface area contributed by atoms with Crippen molar-refractivity contribution in [2.24, 2.45) is 0 Å². The lowest BCUT2D eigenvalue weighted by Crippen LogP contribution is -2.51. The number of rotatable bonds is 3. The van der Waals surface area contributed by atoms with Crippen LogP contribution >= 0.6 is 23.2 Å². The SMILES string of the molecule is C[C@H](NC(=O)[C@@H]1COCCN1)c1c(Cl)ccc(F)c1Cl. The van der Waals surface area contributed by atoms with Crippen LogP contribution < -0.4 is 10.6 Å². The van der Waals surface area contributed by atoms with Crippen LogP contribution in [0.3, 0.4) is 0 Å². The highest BCUT2D eigenvalue weighted by molar-refractivity contribution is 6.36. The zero-order valence-electron chi connectivity index (χ0n) is 10.9. The molecule has 2 rings (SSSR count). The molecule has 1 aromatic carbocycles. The third-order valence-electron chi connectivity index (χ3n) is 3.11.